The lowest BCUT2D eigenvalue weighted by molar-refractivity contribution is 0.127. The molecule has 1 aliphatic heterocycles. The summed E-state index contributed by atoms with van der Waals surface area (Å²) in [5, 5.41) is 0. The average molecular weight is 310 g/mol. The van der Waals surface area contributed by atoms with Crippen LogP contribution in [0.1, 0.15) is 49.3 Å². The van der Waals surface area contributed by atoms with Crippen LogP contribution in [0.2, 0.25) is 0 Å². The van der Waals surface area contributed by atoms with Gasteiger partial charge in [-0.1, -0.05) is 12.1 Å². The fourth-order valence-corrected chi connectivity index (χ4v) is 3.60. The van der Waals surface area contributed by atoms with Gasteiger partial charge in [0.15, 0.2) is 0 Å². The van der Waals surface area contributed by atoms with Crippen LogP contribution in [-0.2, 0) is 0 Å². The molecule has 1 saturated heterocycles. The second-order valence-corrected chi connectivity index (χ2v) is 6.54. The van der Waals surface area contributed by atoms with Crippen LogP contribution in [-0.4, -0.2) is 37.1 Å². The molecule has 2 fully saturated rings. The van der Waals surface area contributed by atoms with E-state index in [1.165, 1.54) is 5.56 Å². The summed E-state index contributed by atoms with van der Waals surface area (Å²) in [5.74, 6) is 0.996. The van der Waals surface area contributed by atoms with E-state index in [2.05, 4.69) is 11.0 Å². The topological polar surface area (TPSA) is 38.5 Å². The molecular weight excluding hydrogens is 286 g/mol. The van der Waals surface area contributed by atoms with Crippen LogP contribution in [0, 0.1) is 0 Å². The van der Waals surface area contributed by atoms with Gasteiger partial charge in [-0.15, -0.1) is 0 Å². The minimum atomic E-state index is -0.845. The van der Waals surface area contributed by atoms with Crippen molar-refractivity contribution >= 4 is 0 Å². The van der Waals surface area contributed by atoms with Gasteiger partial charge in [0.25, 0.3) is 0 Å². The summed E-state index contributed by atoms with van der Waals surface area (Å²) < 4.78 is 30.9. The van der Waals surface area contributed by atoms with Crippen LogP contribution in [0.25, 0.3) is 0 Å². The molecule has 1 saturated carbocycles. The fraction of sp³-hybridized carbons (Fsp3) is 0.647. The lowest BCUT2D eigenvalue weighted by Gasteiger charge is -2.41. The number of benzene rings is 1. The van der Waals surface area contributed by atoms with Crippen LogP contribution in [0.5, 0.6) is 5.75 Å². The van der Waals surface area contributed by atoms with Gasteiger partial charge in [0.1, 0.15) is 11.9 Å². The van der Waals surface area contributed by atoms with Gasteiger partial charge in [0.2, 0.25) is 6.86 Å². The van der Waals surface area contributed by atoms with E-state index in [9.17, 15) is 8.78 Å². The molecule has 2 atom stereocenters. The van der Waals surface area contributed by atoms with Gasteiger partial charge in [0, 0.05) is 30.7 Å². The number of likely N-dealkylation sites (tertiary alicyclic amines) is 1. The molecule has 122 valence electrons. The van der Waals surface area contributed by atoms with E-state index in [1.807, 2.05) is 19.1 Å². The Morgan fingerprint density at radius 3 is 2.77 bits per heavy atom. The second-order valence-electron chi connectivity index (χ2n) is 6.54. The summed E-state index contributed by atoms with van der Waals surface area (Å²) in [5.41, 5.74) is 7.89. The summed E-state index contributed by atoms with van der Waals surface area (Å²) >= 11 is 0. The first kappa shape index (κ1) is 15.7. The fourth-order valence-electron chi connectivity index (χ4n) is 3.60. The summed E-state index contributed by atoms with van der Waals surface area (Å²) in [4.78, 5) is 2.26. The smallest absolute Gasteiger partial charge is 0.228 e. The molecule has 22 heavy (non-hydrogen) atoms. The van der Waals surface area contributed by atoms with Crippen molar-refractivity contribution in [1.29, 1.82) is 0 Å². The van der Waals surface area contributed by atoms with E-state index in [0.29, 0.717) is 30.7 Å². The van der Waals surface area contributed by atoms with Crippen LogP contribution in [0.3, 0.4) is 0 Å². The van der Waals surface area contributed by atoms with E-state index in [4.69, 9.17) is 10.5 Å². The zero-order chi connectivity index (χ0) is 15.7. The Balaban J connectivity index is 1.65. The Hall–Kier alpha value is -1.20. The molecule has 0 amide bonds. The maximum absolute atomic E-state index is 13.3. The number of nitrogens with zero attached hydrogens (tertiary/aromatic N) is 1. The van der Waals surface area contributed by atoms with Crippen molar-refractivity contribution in [3.8, 4) is 5.75 Å². The van der Waals surface area contributed by atoms with Gasteiger partial charge >= 0.3 is 0 Å². The summed E-state index contributed by atoms with van der Waals surface area (Å²) in [6.07, 6.45) is 2.09. The number of alkyl halides is 2. The molecule has 0 bridgehead atoms. The van der Waals surface area contributed by atoms with Crippen molar-refractivity contribution in [2.45, 2.75) is 50.4 Å². The maximum atomic E-state index is 13.3. The summed E-state index contributed by atoms with van der Waals surface area (Å²) in [6.45, 7) is 2.47. The third-order valence-corrected chi connectivity index (χ3v) is 5.00. The van der Waals surface area contributed by atoms with Crippen LogP contribution < -0.4 is 10.5 Å². The standard InChI is InChI=1S/C17H24F2N2O/c1-11(20)16-3-2-12(8-17(16)22-10-18)13-6-15(7-13)21-5-4-14(19)9-21/h2-3,8,11,13-15H,4-7,9-10,20H2,1H3/t11-,13?,14+,15?/m0/s1. The molecule has 2 N–H and O–H groups in total. The molecule has 0 spiro atoms. The van der Waals surface area contributed by atoms with Crippen molar-refractivity contribution in [2.24, 2.45) is 5.73 Å². The quantitative estimate of drug-likeness (QED) is 0.907. The number of hydrogen-bond acceptors (Lipinski definition) is 3. The Bertz CT molecular complexity index is 517. The first-order chi connectivity index (χ1) is 10.6. The molecule has 1 aromatic carbocycles. The lowest BCUT2D eigenvalue weighted by atomic mass is 9.75. The maximum Gasteiger partial charge on any atom is 0.228 e. The van der Waals surface area contributed by atoms with Gasteiger partial charge in [-0.25, -0.2) is 8.78 Å². The second kappa shape index (κ2) is 6.50. The predicted octanol–water partition coefficient (Wildman–Crippen LogP) is 3.30. The molecule has 0 radical (unpaired) electrons. The molecule has 1 aromatic rings. The van der Waals surface area contributed by atoms with Gasteiger partial charge in [-0.3, -0.25) is 4.90 Å². The van der Waals surface area contributed by atoms with Gasteiger partial charge in [-0.2, -0.15) is 0 Å². The van der Waals surface area contributed by atoms with Crippen LogP contribution in [0.15, 0.2) is 18.2 Å². The first-order valence-corrected chi connectivity index (χ1v) is 8.04. The molecule has 3 nitrogen and oxygen atoms in total. The summed E-state index contributed by atoms with van der Waals surface area (Å²) in [7, 11) is 0. The van der Waals surface area contributed by atoms with Crippen molar-refractivity contribution in [2.75, 3.05) is 20.0 Å². The van der Waals surface area contributed by atoms with Crippen LogP contribution >= 0.6 is 0 Å². The minimum Gasteiger partial charge on any atom is -0.463 e. The highest BCUT2D eigenvalue weighted by Gasteiger charge is 2.37. The number of hydrogen-bond donors (Lipinski definition) is 1. The van der Waals surface area contributed by atoms with E-state index in [-0.39, 0.29) is 6.04 Å². The normalized spacial score (nSPS) is 30.1. The zero-order valence-corrected chi connectivity index (χ0v) is 13.0. The highest BCUT2D eigenvalue weighted by atomic mass is 19.1. The number of rotatable bonds is 5. The Morgan fingerprint density at radius 2 is 2.18 bits per heavy atom. The van der Waals surface area contributed by atoms with Gasteiger partial charge in [-0.05, 0) is 43.7 Å². The minimum absolute atomic E-state index is 0.184. The molecule has 2 aliphatic rings. The summed E-state index contributed by atoms with van der Waals surface area (Å²) in [6, 6.07) is 6.22. The van der Waals surface area contributed by atoms with E-state index in [1.54, 1.807) is 0 Å². The average Bonchev–Trinajstić information content (AvgIpc) is 2.84. The van der Waals surface area contributed by atoms with E-state index < -0.39 is 13.0 Å². The number of ether oxygens (including phenoxy) is 1. The third-order valence-electron chi connectivity index (χ3n) is 5.00. The SMILES string of the molecule is C[C@H](N)c1ccc(C2CC(N3CC[C@@H](F)C3)C2)cc1OCF. The molecule has 0 aromatic heterocycles. The largest absolute Gasteiger partial charge is 0.463 e. The third kappa shape index (κ3) is 3.10. The van der Waals surface area contributed by atoms with Crippen molar-refractivity contribution in [3.63, 3.8) is 0 Å². The molecule has 1 aliphatic carbocycles. The molecule has 0 unspecified atom stereocenters. The Kier molecular flexibility index (Phi) is 4.64. The monoisotopic (exact) mass is 310 g/mol. The van der Waals surface area contributed by atoms with Crippen molar-refractivity contribution in [1.82, 2.24) is 4.90 Å². The van der Waals surface area contributed by atoms with Gasteiger partial charge < -0.3 is 10.5 Å². The van der Waals surface area contributed by atoms with E-state index >= 15 is 0 Å². The van der Waals surface area contributed by atoms with E-state index in [0.717, 1.165) is 24.9 Å². The number of halogens is 2. The highest BCUT2D eigenvalue weighted by molar-refractivity contribution is 5.41. The molecular formula is C17H24F2N2O. The zero-order valence-electron chi connectivity index (χ0n) is 13.0. The van der Waals surface area contributed by atoms with Crippen molar-refractivity contribution in [3.05, 3.63) is 29.3 Å². The van der Waals surface area contributed by atoms with Gasteiger partial charge in [0.05, 0.1) is 0 Å². The Morgan fingerprint density at radius 1 is 1.41 bits per heavy atom. The Labute approximate surface area is 130 Å². The highest BCUT2D eigenvalue weighted by Crippen LogP contribution is 2.42. The molecule has 5 heteroatoms. The molecule has 3 rings (SSSR count). The molecule has 1 heterocycles. The van der Waals surface area contributed by atoms with Crippen molar-refractivity contribution < 1.29 is 13.5 Å². The number of nitrogens with two attached hydrogens (primary N) is 1. The van der Waals surface area contributed by atoms with Crippen LogP contribution in [0.4, 0.5) is 8.78 Å². The first-order valence-electron chi connectivity index (χ1n) is 8.04. The lowest BCUT2D eigenvalue weighted by Crippen LogP contribution is -2.42. The predicted molar refractivity (Wildman–Crippen MR) is 82.5 cm³/mol.